The maximum atomic E-state index is 11.9. The van der Waals surface area contributed by atoms with Crippen molar-refractivity contribution in [2.45, 2.75) is 12.8 Å². The van der Waals surface area contributed by atoms with Gasteiger partial charge in [0, 0.05) is 0 Å². The minimum Gasteiger partial charge on any atom is -0.497 e. The molecule has 96 valence electrons. The molecule has 0 saturated heterocycles. The van der Waals surface area contributed by atoms with E-state index in [4.69, 9.17) is 4.74 Å². The summed E-state index contributed by atoms with van der Waals surface area (Å²) in [5, 5.41) is 0. The molecule has 0 aliphatic rings. The lowest BCUT2D eigenvalue weighted by Gasteiger charge is -1.99. The molecule has 0 bridgehead atoms. The van der Waals surface area contributed by atoms with Crippen LogP contribution in [-0.4, -0.2) is 25.1 Å². The summed E-state index contributed by atoms with van der Waals surface area (Å²) in [6.45, 7) is 0. The topological polar surface area (TPSA) is 43.4 Å². The summed E-state index contributed by atoms with van der Waals surface area (Å²) in [6, 6.07) is 6.82. The Labute approximate surface area is 103 Å². The molecule has 1 rings (SSSR count). The minimum absolute atomic E-state index is 0.642. The standard InChI is InChI=1S/C13H12F2O3/c1-18-11-6-3-9(4-7-11)2-5-10(16)8-12(17)13(14)15/h2-7,13H,8H2,1H3. The average Bonchev–Trinajstić information content (AvgIpc) is 2.36. The lowest BCUT2D eigenvalue weighted by atomic mass is 10.1. The van der Waals surface area contributed by atoms with Crippen molar-refractivity contribution in [3.8, 4) is 5.75 Å². The van der Waals surface area contributed by atoms with Gasteiger partial charge in [-0.05, 0) is 23.8 Å². The molecule has 0 radical (unpaired) electrons. The molecule has 1 aromatic rings. The molecule has 0 spiro atoms. The summed E-state index contributed by atoms with van der Waals surface area (Å²) in [7, 11) is 1.53. The van der Waals surface area contributed by atoms with Crippen LogP contribution in [0.15, 0.2) is 30.3 Å². The van der Waals surface area contributed by atoms with Gasteiger partial charge in [0.05, 0.1) is 13.5 Å². The molecule has 0 aliphatic carbocycles. The van der Waals surface area contributed by atoms with E-state index < -0.39 is 24.4 Å². The van der Waals surface area contributed by atoms with Crippen molar-refractivity contribution >= 4 is 17.6 Å². The van der Waals surface area contributed by atoms with Crippen LogP contribution < -0.4 is 4.74 Å². The van der Waals surface area contributed by atoms with Crippen molar-refractivity contribution in [2.24, 2.45) is 0 Å². The van der Waals surface area contributed by atoms with Gasteiger partial charge in [0.25, 0.3) is 6.43 Å². The van der Waals surface area contributed by atoms with E-state index in [9.17, 15) is 18.4 Å². The van der Waals surface area contributed by atoms with Gasteiger partial charge < -0.3 is 4.74 Å². The van der Waals surface area contributed by atoms with E-state index >= 15 is 0 Å². The number of alkyl halides is 2. The van der Waals surface area contributed by atoms with Crippen LogP contribution in [0.1, 0.15) is 12.0 Å². The fraction of sp³-hybridized carbons (Fsp3) is 0.231. The number of hydrogen-bond acceptors (Lipinski definition) is 3. The van der Waals surface area contributed by atoms with Crippen LogP contribution in [0.25, 0.3) is 6.08 Å². The van der Waals surface area contributed by atoms with Crippen molar-refractivity contribution in [3.63, 3.8) is 0 Å². The number of hydrogen-bond donors (Lipinski definition) is 0. The monoisotopic (exact) mass is 254 g/mol. The number of carbonyl (C=O) groups excluding carboxylic acids is 2. The SMILES string of the molecule is COc1ccc(C=CC(=O)CC(=O)C(F)F)cc1. The zero-order chi connectivity index (χ0) is 13.5. The Morgan fingerprint density at radius 1 is 1.28 bits per heavy atom. The number of halogens is 2. The van der Waals surface area contributed by atoms with Crippen LogP contribution in [-0.2, 0) is 9.59 Å². The number of ether oxygens (including phenoxy) is 1. The van der Waals surface area contributed by atoms with Crippen LogP contribution in [0, 0.1) is 0 Å². The highest BCUT2D eigenvalue weighted by Gasteiger charge is 2.17. The highest BCUT2D eigenvalue weighted by Crippen LogP contribution is 2.12. The Morgan fingerprint density at radius 2 is 1.89 bits per heavy atom. The van der Waals surface area contributed by atoms with Crippen LogP contribution in [0.5, 0.6) is 5.75 Å². The number of allylic oxidation sites excluding steroid dienone is 1. The highest BCUT2D eigenvalue weighted by molar-refractivity contribution is 6.07. The summed E-state index contributed by atoms with van der Waals surface area (Å²) in [6.07, 6.45) is -1.30. The molecule has 0 heterocycles. The summed E-state index contributed by atoms with van der Waals surface area (Å²) >= 11 is 0. The molecule has 0 aliphatic heterocycles. The predicted octanol–water partition coefficient (Wildman–Crippen LogP) is 2.50. The molecule has 0 fully saturated rings. The molecular formula is C13H12F2O3. The molecule has 0 unspecified atom stereocenters. The number of benzene rings is 1. The van der Waals surface area contributed by atoms with Crippen molar-refractivity contribution in [1.82, 2.24) is 0 Å². The molecule has 0 aromatic heterocycles. The third-order valence-electron chi connectivity index (χ3n) is 2.17. The smallest absolute Gasteiger partial charge is 0.296 e. The van der Waals surface area contributed by atoms with Gasteiger partial charge in [-0.15, -0.1) is 0 Å². The second kappa shape index (κ2) is 6.64. The molecule has 0 saturated carbocycles. The fourth-order valence-corrected chi connectivity index (χ4v) is 1.21. The van der Waals surface area contributed by atoms with Crippen molar-refractivity contribution in [2.75, 3.05) is 7.11 Å². The lowest BCUT2D eigenvalue weighted by molar-refractivity contribution is -0.132. The second-order valence-corrected chi connectivity index (χ2v) is 3.52. The first-order valence-electron chi connectivity index (χ1n) is 5.18. The molecule has 5 heteroatoms. The van der Waals surface area contributed by atoms with E-state index in [2.05, 4.69) is 0 Å². The van der Waals surface area contributed by atoms with Gasteiger partial charge in [0.15, 0.2) is 5.78 Å². The fourth-order valence-electron chi connectivity index (χ4n) is 1.21. The molecule has 0 N–H and O–H groups in total. The molecule has 0 amide bonds. The van der Waals surface area contributed by atoms with E-state index in [1.807, 2.05) is 0 Å². The van der Waals surface area contributed by atoms with Crippen molar-refractivity contribution in [1.29, 1.82) is 0 Å². The zero-order valence-electron chi connectivity index (χ0n) is 9.73. The number of carbonyl (C=O) groups is 2. The summed E-state index contributed by atoms with van der Waals surface area (Å²) in [5.74, 6) is -1.33. The van der Waals surface area contributed by atoms with Crippen molar-refractivity contribution in [3.05, 3.63) is 35.9 Å². The molecular weight excluding hydrogens is 242 g/mol. The zero-order valence-corrected chi connectivity index (χ0v) is 9.73. The summed E-state index contributed by atoms with van der Waals surface area (Å²) < 4.78 is 28.7. The van der Waals surface area contributed by atoms with Crippen LogP contribution >= 0.6 is 0 Å². The second-order valence-electron chi connectivity index (χ2n) is 3.52. The highest BCUT2D eigenvalue weighted by atomic mass is 19.3. The Bertz CT molecular complexity index is 450. The molecule has 3 nitrogen and oxygen atoms in total. The van der Waals surface area contributed by atoms with Gasteiger partial charge in [-0.2, -0.15) is 0 Å². The Morgan fingerprint density at radius 3 is 2.39 bits per heavy atom. The normalized spacial score (nSPS) is 10.9. The summed E-state index contributed by atoms with van der Waals surface area (Å²) in [5.41, 5.74) is 0.716. The Balaban J connectivity index is 2.57. The maximum absolute atomic E-state index is 11.9. The van der Waals surface area contributed by atoms with Crippen molar-refractivity contribution < 1.29 is 23.1 Å². The minimum atomic E-state index is -3.09. The van der Waals surface area contributed by atoms with Gasteiger partial charge in [0.2, 0.25) is 5.78 Å². The molecule has 1 aromatic carbocycles. The first kappa shape index (κ1) is 14.0. The molecule has 0 atom stereocenters. The van der Waals surface area contributed by atoms with Gasteiger partial charge in [-0.25, -0.2) is 8.78 Å². The lowest BCUT2D eigenvalue weighted by Crippen LogP contribution is -2.13. The quantitative estimate of drug-likeness (QED) is 0.578. The van der Waals surface area contributed by atoms with Gasteiger partial charge in [-0.1, -0.05) is 18.2 Å². The van der Waals surface area contributed by atoms with E-state index in [0.717, 1.165) is 6.08 Å². The number of rotatable bonds is 6. The van der Waals surface area contributed by atoms with Crippen LogP contribution in [0.2, 0.25) is 0 Å². The van der Waals surface area contributed by atoms with Crippen LogP contribution in [0.3, 0.4) is 0 Å². The first-order chi connectivity index (χ1) is 8.52. The summed E-state index contributed by atoms with van der Waals surface area (Å²) in [4.78, 5) is 21.8. The Hall–Kier alpha value is -2.04. The third-order valence-corrected chi connectivity index (χ3v) is 2.17. The maximum Gasteiger partial charge on any atom is 0.296 e. The van der Waals surface area contributed by atoms with E-state index in [-0.39, 0.29) is 0 Å². The third kappa shape index (κ3) is 4.45. The van der Waals surface area contributed by atoms with E-state index in [0.29, 0.717) is 11.3 Å². The number of Topliss-reactive ketones (excluding diaryl/α,β-unsaturated/α-hetero) is 1. The first-order valence-corrected chi connectivity index (χ1v) is 5.18. The van der Waals surface area contributed by atoms with Gasteiger partial charge in [-0.3, -0.25) is 9.59 Å². The largest absolute Gasteiger partial charge is 0.497 e. The van der Waals surface area contributed by atoms with E-state index in [1.54, 1.807) is 24.3 Å². The average molecular weight is 254 g/mol. The molecule has 18 heavy (non-hydrogen) atoms. The van der Waals surface area contributed by atoms with Gasteiger partial charge in [0.1, 0.15) is 5.75 Å². The van der Waals surface area contributed by atoms with Crippen LogP contribution in [0.4, 0.5) is 8.78 Å². The van der Waals surface area contributed by atoms with E-state index in [1.165, 1.54) is 13.2 Å². The van der Waals surface area contributed by atoms with Gasteiger partial charge >= 0.3 is 0 Å². The Kier molecular flexibility index (Phi) is 5.17. The number of ketones is 2. The predicted molar refractivity (Wildman–Crippen MR) is 62.7 cm³/mol. The number of methoxy groups -OCH3 is 1.